The van der Waals surface area contributed by atoms with E-state index in [0.29, 0.717) is 29.4 Å². The molecule has 0 amide bonds. The summed E-state index contributed by atoms with van der Waals surface area (Å²) < 4.78 is 26.2. The van der Waals surface area contributed by atoms with E-state index < -0.39 is 25.0 Å². The highest BCUT2D eigenvalue weighted by Crippen LogP contribution is 2.50. The van der Waals surface area contributed by atoms with Crippen molar-refractivity contribution < 1.29 is 22.8 Å². The van der Waals surface area contributed by atoms with E-state index >= 15 is 0 Å². The lowest BCUT2D eigenvalue weighted by Gasteiger charge is -2.42. The molecular formula is C28H54O5Si3. The lowest BCUT2D eigenvalue weighted by atomic mass is 10.2. The summed E-state index contributed by atoms with van der Waals surface area (Å²) in [7, 11) is -6.78. The fourth-order valence-electron chi connectivity index (χ4n) is 2.49. The maximum absolute atomic E-state index is 13.0. The molecule has 0 aliphatic rings. The van der Waals surface area contributed by atoms with Gasteiger partial charge in [-0.05, 0) is 73.0 Å². The van der Waals surface area contributed by atoms with Gasteiger partial charge in [0.05, 0.1) is 12.2 Å². The van der Waals surface area contributed by atoms with Crippen molar-refractivity contribution in [3.8, 4) is 17.2 Å². The first kappa shape index (κ1) is 32.8. The van der Waals surface area contributed by atoms with Gasteiger partial charge in [-0.15, -0.1) is 0 Å². The van der Waals surface area contributed by atoms with Crippen molar-refractivity contribution in [2.45, 2.75) is 130 Å². The average Bonchev–Trinajstić information content (AvgIpc) is 2.65. The maximum Gasteiger partial charge on any atom is 0.338 e. The molecule has 0 bridgehead atoms. The Morgan fingerprint density at radius 3 is 1.31 bits per heavy atom. The van der Waals surface area contributed by atoms with Crippen LogP contribution in [0.15, 0.2) is 12.1 Å². The molecule has 0 atom stereocenters. The van der Waals surface area contributed by atoms with Gasteiger partial charge in [-0.2, -0.15) is 0 Å². The van der Waals surface area contributed by atoms with Gasteiger partial charge < -0.3 is 18.0 Å². The fourth-order valence-corrected chi connectivity index (χ4v) is 5.52. The van der Waals surface area contributed by atoms with Crippen molar-refractivity contribution in [2.75, 3.05) is 6.61 Å². The second-order valence-corrected chi connectivity index (χ2v) is 28.7. The van der Waals surface area contributed by atoms with Crippen LogP contribution in [0.2, 0.25) is 54.4 Å². The summed E-state index contributed by atoms with van der Waals surface area (Å²) >= 11 is 0. The van der Waals surface area contributed by atoms with Gasteiger partial charge in [0.25, 0.3) is 25.0 Å². The third kappa shape index (κ3) is 7.87. The van der Waals surface area contributed by atoms with Gasteiger partial charge in [-0.3, -0.25) is 0 Å². The Balaban J connectivity index is 3.95. The standard InChI is InChI=1S/C28H54O5Si3/c1-17-18-30-25(29)21-19-22(31-34(11,12)26(2,3)4)24(33-36(15,16)28(8,9)10)23(20-21)32-35(13,14)27(5,6)7/h19-20H,17-18H2,1-16H3. The van der Waals surface area contributed by atoms with Gasteiger partial charge in [-0.1, -0.05) is 69.2 Å². The molecule has 0 aliphatic carbocycles. The van der Waals surface area contributed by atoms with Crippen LogP contribution in [0.4, 0.5) is 0 Å². The van der Waals surface area contributed by atoms with Crippen LogP contribution in [0.5, 0.6) is 17.2 Å². The van der Waals surface area contributed by atoms with Crippen LogP contribution < -0.4 is 13.3 Å². The zero-order chi connectivity index (χ0) is 28.5. The smallest absolute Gasteiger partial charge is 0.338 e. The molecule has 208 valence electrons. The largest absolute Gasteiger partial charge is 0.541 e. The maximum atomic E-state index is 13.0. The fraction of sp³-hybridized carbons (Fsp3) is 0.750. The number of ether oxygens (including phenoxy) is 1. The highest BCUT2D eigenvalue weighted by Gasteiger charge is 2.45. The van der Waals surface area contributed by atoms with E-state index in [2.05, 4.69) is 102 Å². The van der Waals surface area contributed by atoms with E-state index in [-0.39, 0.29) is 21.1 Å². The quantitative estimate of drug-likeness (QED) is 0.225. The minimum Gasteiger partial charge on any atom is -0.541 e. The lowest BCUT2D eigenvalue weighted by molar-refractivity contribution is 0.0504. The van der Waals surface area contributed by atoms with Crippen LogP contribution >= 0.6 is 0 Å². The molecule has 0 saturated carbocycles. The monoisotopic (exact) mass is 554 g/mol. The first-order chi connectivity index (χ1) is 15.9. The molecule has 0 radical (unpaired) electrons. The molecule has 0 aromatic heterocycles. The Morgan fingerprint density at radius 2 is 1.00 bits per heavy atom. The second kappa shape index (κ2) is 10.8. The van der Waals surface area contributed by atoms with Crippen LogP contribution in [0.3, 0.4) is 0 Å². The highest BCUT2D eigenvalue weighted by molar-refractivity contribution is 6.76. The third-order valence-corrected chi connectivity index (χ3v) is 21.2. The highest BCUT2D eigenvalue weighted by atomic mass is 28.4. The molecule has 36 heavy (non-hydrogen) atoms. The third-order valence-electron chi connectivity index (χ3n) is 8.20. The number of hydrogen-bond donors (Lipinski definition) is 0. The summed E-state index contributed by atoms with van der Waals surface area (Å²) in [6.07, 6.45) is 0.763. The predicted molar refractivity (Wildman–Crippen MR) is 160 cm³/mol. The number of rotatable bonds is 9. The first-order valence-corrected chi connectivity index (χ1v) is 22.0. The average molecular weight is 555 g/mol. The van der Waals surface area contributed by atoms with Crippen molar-refractivity contribution >= 4 is 30.9 Å². The van der Waals surface area contributed by atoms with Crippen LogP contribution in [-0.2, 0) is 4.74 Å². The number of hydrogen-bond acceptors (Lipinski definition) is 5. The van der Waals surface area contributed by atoms with Crippen molar-refractivity contribution in [1.82, 2.24) is 0 Å². The second-order valence-electron chi connectivity index (χ2n) is 14.5. The summed E-state index contributed by atoms with van der Waals surface area (Å²) in [5.41, 5.74) is 0.438. The molecule has 0 saturated heterocycles. The van der Waals surface area contributed by atoms with Crippen LogP contribution in [-0.4, -0.2) is 37.5 Å². The van der Waals surface area contributed by atoms with Gasteiger partial charge in [0.1, 0.15) is 11.5 Å². The molecule has 1 rings (SSSR count). The van der Waals surface area contributed by atoms with Crippen molar-refractivity contribution in [2.24, 2.45) is 0 Å². The van der Waals surface area contributed by atoms with Gasteiger partial charge in [-0.25, -0.2) is 4.79 Å². The van der Waals surface area contributed by atoms with E-state index in [1.165, 1.54) is 0 Å². The first-order valence-electron chi connectivity index (χ1n) is 13.3. The zero-order valence-corrected chi connectivity index (χ0v) is 29.1. The van der Waals surface area contributed by atoms with Crippen molar-refractivity contribution in [1.29, 1.82) is 0 Å². The summed E-state index contributed by atoms with van der Waals surface area (Å²) in [5.74, 6) is 1.44. The van der Waals surface area contributed by atoms with Crippen molar-refractivity contribution in [3.05, 3.63) is 17.7 Å². The summed E-state index contributed by atoms with van der Waals surface area (Å²) in [6.45, 7) is 35.6. The van der Waals surface area contributed by atoms with Gasteiger partial charge in [0, 0.05) is 0 Å². The molecule has 1 aromatic carbocycles. The van der Waals surface area contributed by atoms with Crippen LogP contribution in [0.25, 0.3) is 0 Å². The number of benzene rings is 1. The van der Waals surface area contributed by atoms with E-state index in [4.69, 9.17) is 18.0 Å². The zero-order valence-electron chi connectivity index (χ0n) is 26.1. The molecule has 5 nitrogen and oxygen atoms in total. The summed E-state index contributed by atoms with van der Waals surface area (Å²) in [5, 5.41) is -0.0744. The molecule has 0 N–H and O–H groups in total. The predicted octanol–water partition coefficient (Wildman–Crippen LogP) is 9.41. The van der Waals surface area contributed by atoms with Crippen LogP contribution in [0.1, 0.15) is 86.0 Å². The van der Waals surface area contributed by atoms with Crippen molar-refractivity contribution in [3.63, 3.8) is 0 Å². The normalized spacial score (nSPS) is 13.9. The topological polar surface area (TPSA) is 54.0 Å². The molecule has 0 aliphatic heterocycles. The molecule has 1 aromatic rings. The number of carbonyl (C=O) groups is 1. The molecule has 0 fully saturated rings. The molecule has 0 unspecified atom stereocenters. The van der Waals surface area contributed by atoms with E-state index in [0.717, 1.165) is 6.42 Å². The van der Waals surface area contributed by atoms with Gasteiger partial charge in [0.15, 0.2) is 5.75 Å². The minimum absolute atomic E-state index is 0.0196. The number of esters is 1. The molecule has 8 heteroatoms. The van der Waals surface area contributed by atoms with E-state index in [1.807, 2.05) is 6.92 Å². The summed E-state index contributed by atoms with van der Waals surface area (Å²) in [6, 6.07) is 3.61. The van der Waals surface area contributed by atoms with E-state index in [1.54, 1.807) is 12.1 Å². The molecule has 0 spiro atoms. The van der Waals surface area contributed by atoms with Crippen LogP contribution in [0, 0.1) is 0 Å². The Hall–Kier alpha value is -1.26. The Kier molecular flexibility index (Phi) is 9.87. The molecular weight excluding hydrogens is 501 g/mol. The minimum atomic E-state index is -2.26. The summed E-state index contributed by atoms with van der Waals surface area (Å²) in [4.78, 5) is 13.0. The lowest BCUT2D eigenvalue weighted by Crippen LogP contribution is -2.47. The Morgan fingerprint density at radius 1 is 0.667 bits per heavy atom. The van der Waals surface area contributed by atoms with Gasteiger partial charge >= 0.3 is 5.97 Å². The number of carbonyl (C=O) groups excluding carboxylic acids is 1. The Labute approximate surface area is 225 Å². The molecule has 0 heterocycles. The van der Waals surface area contributed by atoms with Gasteiger partial charge in [0.2, 0.25) is 0 Å². The SMILES string of the molecule is CCCOC(=O)c1cc(O[Si](C)(C)C(C)(C)C)c(O[Si](C)(C)C(C)(C)C)c(O[Si](C)(C)C(C)(C)C)c1. The van der Waals surface area contributed by atoms with E-state index in [9.17, 15) is 4.79 Å². The Bertz CT molecular complexity index is 868.